The van der Waals surface area contributed by atoms with Gasteiger partial charge >= 0.3 is 0 Å². The van der Waals surface area contributed by atoms with Crippen LogP contribution in [0.5, 0.6) is 5.75 Å². The Hall–Kier alpha value is -1.62. The minimum Gasteiger partial charge on any atom is -0.506 e. The molecule has 0 radical (unpaired) electrons. The molecule has 108 valence electrons. The first-order valence-corrected chi connectivity index (χ1v) is 7.41. The molecule has 2 N–H and O–H groups in total. The number of aromatic hydroxyl groups is 1. The summed E-state index contributed by atoms with van der Waals surface area (Å²) >= 11 is 0. The van der Waals surface area contributed by atoms with Crippen molar-refractivity contribution in [2.45, 2.75) is 31.7 Å². The van der Waals surface area contributed by atoms with Crippen LogP contribution in [-0.2, 0) is 0 Å². The highest BCUT2D eigenvalue weighted by atomic mass is 16.3. The summed E-state index contributed by atoms with van der Waals surface area (Å²) < 4.78 is 0. The second-order valence-electron chi connectivity index (χ2n) is 5.79. The minimum atomic E-state index is -0.0175. The molecule has 2 aliphatic rings. The molecule has 2 unspecified atom stereocenters. The summed E-state index contributed by atoms with van der Waals surface area (Å²) in [6.45, 7) is 2.72. The van der Waals surface area contributed by atoms with E-state index in [0.29, 0.717) is 17.5 Å². The van der Waals surface area contributed by atoms with Crippen molar-refractivity contribution in [2.24, 2.45) is 5.92 Å². The summed E-state index contributed by atoms with van der Waals surface area (Å²) in [5, 5.41) is 13.0. The largest absolute Gasteiger partial charge is 0.506 e. The number of carbonyl (C=O) groups excluding carboxylic acids is 1. The maximum Gasteiger partial charge on any atom is 0.255 e. The van der Waals surface area contributed by atoms with Crippen molar-refractivity contribution < 1.29 is 9.90 Å². The zero-order valence-electron chi connectivity index (χ0n) is 11.6. The van der Waals surface area contributed by atoms with Crippen LogP contribution >= 0.6 is 0 Å². The number of aromatic nitrogens is 1. The van der Waals surface area contributed by atoms with Gasteiger partial charge in [0.1, 0.15) is 5.75 Å². The van der Waals surface area contributed by atoms with Gasteiger partial charge in [0.05, 0.1) is 11.8 Å². The van der Waals surface area contributed by atoms with Crippen molar-refractivity contribution in [3.8, 4) is 5.75 Å². The van der Waals surface area contributed by atoms with Crippen LogP contribution in [0.25, 0.3) is 0 Å². The van der Waals surface area contributed by atoms with E-state index in [-0.39, 0.29) is 11.7 Å². The Labute approximate surface area is 119 Å². The Balaban J connectivity index is 1.68. The Bertz CT molecular complexity index is 486. The average molecular weight is 275 g/mol. The molecule has 1 aromatic rings. The summed E-state index contributed by atoms with van der Waals surface area (Å²) in [6.07, 6.45) is 7.59. The highest BCUT2D eigenvalue weighted by Crippen LogP contribution is 2.25. The normalized spacial score (nSPS) is 26.7. The summed E-state index contributed by atoms with van der Waals surface area (Å²) in [4.78, 5) is 18.3. The molecule has 2 saturated heterocycles. The fourth-order valence-corrected chi connectivity index (χ4v) is 3.36. The highest BCUT2D eigenvalue weighted by Gasteiger charge is 2.31. The highest BCUT2D eigenvalue weighted by molar-refractivity contribution is 5.94. The van der Waals surface area contributed by atoms with Crippen molar-refractivity contribution in [1.82, 2.24) is 15.2 Å². The number of hydrogen-bond acceptors (Lipinski definition) is 4. The molecule has 3 heterocycles. The van der Waals surface area contributed by atoms with Gasteiger partial charge in [-0.25, -0.2) is 0 Å². The van der Waals surface area contributed by atoms with E-state index in [4.69, 9.17) is 0 Å². The predicted molar refractivity (Wildman–Crippen MR) is 75.6 cm³/mol. The van der Waals surface area contributed by atoms with Crippen molar-refractivity contribution >= 4 is 5.91 Å². The summed E-state index contributed by atoms with van der Waals surface area (Å²) in [7, 11) is 0. The van der Waals surface area contributed by atoms with Crippen molar-refractivity contribution in [1.29, 1.82) is 0 Å². The van der Waals surface area contributed by atoms with Gasteiger partial charge in [-0.2, -0.15) is 0 Å². The molecule has 20 heavy (non-hydrogen) atoms. The van der Waals surface area contributed by atoms with E-state index in [1.165, 1.54) is 37.7 Å². The van der Waals surface area contributed by atoms with Gasteiger partial charge in [0.2, 0.25) is 0 Å². The molecular weight excluding hydrogens is 254 g/mol. The molecule has 1 amide bonds. The third kappa shape index (κ3) is 2.77. The van der Waals surface area contributed by atoms with Gasteiger partial charge in [-0.15, -0.1) is 0 Å². The van der Waals surface area contributed by atoms with Gasteiger partial charge in [-0.3, -0.25) is 9.78 Å². The molecule has 1 aromatic heterocycles. The van der Waals surface area contributed by atoms with Gasteiger partial charge in [0.25, 0.3) is 5.91 Å². The third-order valence-corrected chi connectivity index (χ3v) is 4.38. The molecule has 2 atom stereocenters. The lowest BCUT2D eigenvalue weighted by Gasteiger charge is -2.35. The molecule has 2 aliphatic heterocycles. The third-order valence-electron chi connectivity index (χ3n) is 4.38. The van der Waals surface area contributed by atoms with Crippen molar-refractivity contribution in [2.75, 3.05) is 19.6 Å². The molecule has 0 saturated carbocycles. The topological polar surface area (TPSA) is 65.5 Å². The number of nitrogens with zero attached hydrogens (tertiary/aromatic N) is 2. The Morgan fingerprint density at radius 3 is 3.00 bits per heavy atom. The van der Waals surface area contributed by atoms with Gasteiger partial charge in [0, 0.05) is 25.3 Å². The average Bonchev–Trinajstić information content (AvgIpc) is 3.01. The van der Waals surface area contributed by atoms with Crippen LogP contribution in [0.4, 0.5) is 0 Å². The Morgan fingerprint density at radius 1 is 1.35 bits per heavy atom. The maximum atomic E-state index is 12.5. The monoisotopic (exact) mass is 275 g/mol. The van der Waals surface area contributed by atoms with Crippen LogP contribution in [0.15, 0.2) is 18.5 Å². The Kier molecular flexibility index (Phi) is 3.87. The van der Waals surface area contributed by atoms with Gasteiger partial charge < -0.3 is 15.3 Å². The fraction of sp³-hybridized carbons (Fsp3) is 0.600. The second-order valence-corrected chi connectivity index (χ2v) is 5.79. The molecule has 0 aliphatic carbocycles. The zero-order valence-corrected chi connectivity index (χ0v) is 11.6. The molecule has 2 fully saturated rings. The first-order chi connectivity index (χ1) is 9.74. The number of amides is 1. The number of pyridine rings is 1. The van der Waals surface area contributed by atoms with E-state index in [9.17, 15) is 9.90 Å². The van der Waals surface area contributed by atoms with E-state index < -0.39 is 0 Å². The predicted octanol–water partition coefficient (Wildman–Crippen LogP) is 1.39. The lowest BCUT2D eigenvalue weighted by atomic mass is 9.89. The number of hydrogen-bond donors (Lipinski definition) is 2. The molecular formula is C15H21N3O2. The van der Waals surface area contributed by atoms with E-state index in [1.54, 1.807) is 0 Å². The van der Waals surface area contributed by atoms with Gasteiger partial charge in [-0.05, 0) is 44.2 Å². The SMILES string of the molecule is O=C(c1cncc(O)c1)N1CCCC(C2CCCN2)C1. The smallest absolute Gasteiger partial charge is 0.255 e. The molecule has 0 spiro atoms. The first-order valence-electron chi connectivity index (χ1n) is 7.41. The fourth-order valence-electron chi connectivity index (χ4n) is 3.36. The van der Waals surface area contributed by atoms with E-state index >= 15 is 0 Å². The van der Waals surface area contributed by atoms with Gasteiger partial charge in [-0.1, -0.05) is 0 Å². The molecule has 5 heteroatoms. The van der Waals surface area contributed by atoms with E-state index in [1.807, 2.05) is 4.90 Å². The Morgan fingerprint density at radius 2 is 2.25 bits per heavy atom. The quantitative estimate of drug-likeness (QED) is 0.856. The van der Waals surface area contributed by atoms with Crippen LogP contribution in [-0.4, -0.2) is 46.6 Å². The van der Waals surface area contributed by atoms with Crippen LogP contribution in [0.3, 0.4) is 0 Å². The number of piperidine rings is 1. The summed E-state index contributed by atoms with van der Waals surface area (Å²) in [5.74, 6) is 0.582. The standard InChI is InChI=1S/C15H21N3O2/c19-13-7-12(8-16-9-13)15(20)18-6-2-3-11(10-18)14-4-1-5-17-14/h7-9,11,14,17,19H,1-6,10H2. The van der Waals surface area contributed by atoms with E-state index in [0.717, 1.165) is 26.1 Å². The zero-order chi connectivity index (χ0) is 13.9. The molecule has 3 rings (SSSR count). The first kappa shape index (κ1) is 13.4. The lowest BCUT2D eigenvalue weighted by molar-refractivity contribution is 0.0650. The minimum absolute atomic E-state index is 0.0175. The van der Waals surface area contributed by atoms with Crippen LogP contribution in [0.2, 0.25) is 0 Å². The molecule has 0 bridgehead atoms. The van der Waals surface area contributed by atoms with Crippen molar-refractivity contribution in [3.63, 3.8) is 0 Å². The summed E-state index contributed by atoms with van der Waals surface area (Å²) in [5.41, 5.74) is 0.477. The second kappa shape index (κ2) is 5.79. The summed E-state index contributed by atoms with van der Waals surface area (Å²) in [6, 6.07) is 2.06. The lowest BCUT2D eigenvalue weighted by Crippen LogP contribution is -2.45. The number of carbonyl (C=O) groups is 1. The number of likely N-dealkylation sites (tertiary alicyclic amines) is 1. The maximum absolute atomic E-state index is 12.5. The number of nitrogens with one attached hydrogen (secondary N) is 1. The van der Waals surface area contributed by atoms with Crippen LogP contribution in [0.1, 0.15) is 36.0 Å². The van der Waals surface area contributed by atoms with Crippen LogP contribution < -0.4 is 5.32 Å². The molecule has 5 nitrogen and oxygen atoms in total. The van der Waals surface area contributed by atoms with Crippen molar-refractivity contribution in [3.05, 3.63) is 24.0 Å². The van der Waals surface area contributed by atoms with E-state index in [2.05, 4.69) is 10.3 Å². The van der Waals surface area contributed by atoms with Gasteiger partial charge in [0.15, 0.2) is 0 Å². The number of rotatable bonds is 2. The van der Waals surface area contributed by atoms with Crippen LogP contribution in [0, 0.1) is 5.92 Å². The molecule has 0 aromatic carbocycles.